The van der Waals surface area contributed by atoms with Crippen molar-refractivity contribution in [2.45, 2.75) is 30.0 Å². The summed E-state index contributed by atoms with van der Waals surface area (Å²) in [6.07, 6.45) is 0.186. The van der Waals surface area contributed by atoms with E-state index >= 15 is 0 Å². The molecular weight excluding hydrogens is 394 g/mol. The van der Waals surface area contributed by atoms with E-state index in [1.165, 1.54) is 21.3 Å². The maximum Gasteiger partial charge on any atom is 0.519 e. The second kappa shape index (κ2) is 10.3. The molecule has 0 radical (unpaired) electrons. The molecule has 0 fully saturated rings. The second-order valence-corrected chi connectivity index (χ2v) is 11.5. The molecule has 0 heterocycles. The van der Waals surface area contributed by atoms with Gasteiger partial charge in [0.25, 0.3) is 5.17 Å². The number of aryl methyl sites for hydroxylation is 1. The molecule has 1 N–H and O–H groups in total. The standard InChI is InChI=1S/C16H27NO6S2Si/c1-6-23-16(24)17-12-11-15(26(20-3,21-4)22-5)25(18,19)14-9-7-13(2)8-10-14/h7-10,15H,6,11-12H2,1-5H3,(H,17,24). The van der Waals surface area contributed by atoms with Gasteiger partial charge < -0.3 is 23.3 Å². The summed E-state index contributed by atoms with van der Waals surface area (Å²) >= 11 is 5.02. The minimum Gasteiger partial charge on any atom is -0.471 e. The van der Waals surface area contributed by atoms with E-state index in [1.54, 1.807) is 24.3 Å². The van der Waals surface area contributed by atoms with E-state index in [0.29, 0.717) is 6.61 Å². The van der Waals surface area contributed by atoms with Gasteiger partial charge in [-0.3, -0.25) is 0 Å². The van der Waals surface area contributed by atoms with Crippen LogP contribution in [0.3, 0.4) is 0 Å². The van der Waals surface area contributed by atoms with Crippen LogP contribution in [0.1, 0.15) is 18.9 Å². The molecule has 0 amide bonds. The number of nitrogens with one attached hydrogen (secondary N) is 1. The minimum atomic E-state index is -3.76. The number of benzene rings is 1. The van der Waals surface area contributed by atoms with Crippen molar-refractivity contribution in [2.24, 2.45) is 0 Å². The fourth-order valence-corrected chi connectivity index (χ4v) is 8.62. The lowest BCUT2D eigenvalue weighted by molar-refractivity contribution is 0.119. The summed E-state index contributed by atoms with van der Waals surface area (Å²) in [7, 11) is -3.05. The van der Waals surface area contributed by atoms with Gasteiger partial charge in [-0.1, -0.05) is 17.7 Å². The lowest BCUT2D eigenvalue weighted by Gasteiger charge is -2.32. The Kier molecular flexibility index (Phi) is 9.14. The maximum atomic E-state index is 13.3. The third kappa shape index (κ3) is 5.48. The SMILES string of the molecule is CCOC(=S)NCCC([Si](OC)(OC)OC)S(=O)(=O)c1ccc(C)cc1. The quantitative estimate of drug-likeness (QED) is 0.453. The average Bonchev–Trinajstić information content (AvgIpc) is 2.62. The summed E-state index contributed by atoms with van der Waals surface area (Å²) in [4.78, 5) is -0.793. The molecule has 0 aliphatic heterocycles. The van der Waals surface area contributed by atoms with Crippen molar-refractivity contribution in [1.82, 2.24) is 5.32 Å². The van der Waals surface area contributed by atoms with Crippen LogP contribution in [0.15, 0.2) is 29.2 Å². The highest BCUT2D eigenvalue weighted by atomic mass is 32.2. The lowest BCUT2D eigenvalue weighted by Crippen LogP contribution is -2.58. The molecular formula is C16H27NO6S2Si. The first-order chi connectivity index (χ1) is 12.3. The van der Waals surface area contributed by atoms with Gasteiger partial charge in [-0.05, 0) is 44.6 Å². The number of hydrogen-bond donors (Lipinski definition) is 1. The number of ether oxygens (including phenoxy) is 1. The molecule has 0 aliphatic rings. The Balaban J connectivity index is 3.18. The smallest absolute Gasteiger partial charge is 0.471 e. The third-order valence-electron chi connectivity index (χ3n) is 3.92. The van der Waals surface area contributed by atoms with E-state index in [-0.39, 0.29) is 23.0 Å². The van der Waals surface area contributed by atoms with Crippen LogP contribution < -0.4 is 5.32 Å². The highest BCUT2D eigenvalue weighted by Gasteiger charge is 2.54. The molecule has 0 saturated carbocycles. The summed E-state index contributed by atoms with van der Waals surface area (Å²) in [6.45, 7) is 4.42. The van der Waals surface area contributed by atoms with E-state index in [2.05, 4.69) is 5.32 Å². The zero-order valence-electron chi connectivity index (χ0n) is 15.8. The van der Waals surface area contributed by atoms with Gasteiger partial charge >= 0.3 is 8.80 Å². The zero-order valence-corrected chi connectivity index (χ0v) is 18.4. The van der Waals surface area contributed by atoms with Crippen molar-refractivity contribution < 1.29 is 26.4 Å². The van der Waals surface area contributed by atoms with E-state index in [1.807, 2.05) is 13.8 Å². The minimum absolute atomic E-state index is 0.186. The van der Waals surface area contributed by atoms with Crippen LogP contribution in [0.4, 0.5) is 0 Å². The molecule has 1 rings (SSSR count). The Morgan fingerprint density at radius 2 is 1.69 bits per heavy atom. The number of sulfone groups is 1. The summed E-state index contributed by atoms with van der Waals surface area (Å²) < 4.78 is 48.1. The first-order valence-electron chi connectivity index (χ1n) is 8.14. The summed E-state index contributed by atoms with van der Waals surface area (Å²) in [6, 6.07) is 6.66. The van der Waals surface area contributed by atoms with Gasteiger partial charge in [-0.2, -0.15) is 0 Å². The van der Waals surface area contributed by atoms with E-state index in [4.69, 9.17) is 30.2 Å². The van der Waals surface area contributed by atoms with Crippen LogP contribution >= 0.6 is 12.2 Å². The van der Waals surface area contributed by atoms with Gasteiger partial charge in [-0.15, -0.1) is 0 Å². The summed E-state index contributed by atoms with van der Waals surface area (Å²) in [5.41, 5.74) is 0.970. The molecule has 148 valence electrons. The summed E-state index contributed by atoms with van der Waals surface area (Å²) in [5, 5.41) is 3.11. The fraction of sp³-hybridized carbons (Fsp3) is 0.562. The van der Waals surface area contributed by atoms with Gasteiger partial charge in [0.2, 0.25) is 0 Å². The number of hydrogen-bond acceptors (Lipinski definition) is 7. The third-order valence-corrected chi connectivity index (χ3v) is 10.7. The maximum absolute atomic E-state index is 13.3. The van der Waals surface area contributed by atoms with Crippen molar-refractivity contribution in [1.29, 1.82) is 0 Å². The normalized spacial score (nSPS) is 13.3. The molecule has 0 bridgehead atoms. The highest BCUT2D eigenvalue weighted by Crippen LogP contribution is 2.27. The Hall–Kier alpha value is -1.04. The van der Waals surface area contributed by atoms with E-state index in [9.17, 15) is 8.42 Å². The molecule has 10 heteroatoms. The lowest BCUT2D eigenvalue weighted by atomic mass is 10.2. The summed E-state index contributed by atoms with van der Waals surface area (Å²) in [5.74, 6) is 0. The van der Waals surface area contributed by atoms with Crippen LogP contribution in [0.5, 0.6) is 0 Å². The monoisotopic (exact) mass is 421 g/mol. The molecule has 1 aromatic carbocycles. The van der Waals surface area contributed by atoms with Crippen LogP contribution in [0, 0.1) is 6.92 Å². The van der Waals surface area contributed by atoms with Gasteiger partial charge in [0.1, 0.15) is 4.87 Å². The first kappa shape index (κ1) is 23.0. The van der Waals surface area contributed by atoms with Crippen molar-refractivity contribution in [3.63, 3.8) is 0 Å². The Morgan fingerprint density at radius 3 is 2.15 bits per heavy atom. The van der Waals surface area contributed by atoms with Crippen molar-refractivity contribution in [3.05, 3.63) is 29.8 Å². The van der Waals surface area contributed by atoms with Crippen molar-refractivity contribution in [2.75, 3.05) is 34.5 Å². The molecule has 1 atom stereocenters. The fourth-order valence-electron chi connectivity index (χ4n) is 2.55. The van der Waals surface area contributed by atoms with Crippen LogP contribution in [-0.4, -0.2) is 61.8 Å². The Labute approximate surface area is 162 Å². The molecule has 7 nitrogen and oxygen atoms in total. The highest BCUT2D eigenvalue weighted by molar-refractivity contribution is 7.93. The predicted molar refractivity (Wildman–Crippen MR) is 106 cm³/mol. The van der Waals surface area contributed by atoms with E-state index < -0.39 is 23.5 Å². The Morgan fingerprint density at radius 1 is 1.15 bits per heavy atom. The van der Waals surface area contributed by atoms with Crippen molar-refractivity contribution in [3.8, 4) is 0 Å². The van der Waals surface area contributed by atoms with Crippen molar-refractivity contribution >= 4 is 36.0 Å². The molecule has 1 aromatic rings. The zero-order chi connectivity index (χ0) is 19.8. The molecule has 26 heavy (non-hydrogen) atoms. The molecule has 1 unspecified atom stereocenters. The molecule has 0 aliphatic carbocycles. The van der Waals surface area contributed by atoms with Crippen LogP contribution in [0.25, 0.3) is 0 Å². The molecule has 0 saturated heterocycles. The van der Waals surface area contributed by atoms with Gasteiger partial charge in [0.05, 0.1) is 11.5 Å². The first-order valence-corrected chi connectivity index (χ1v) is 11.9. The van der Waals surface area contributed by atoms with Gasteiger partial charge in [0.15, 0.2) is 9.84 Å². The molecule has 0 aromatic heterocycles. The number of rotatable bonds is 10. The van der Waals surface area contributed by atoms with E-state index in [0.717, 1.165) is 5.56 Å². The van der Waals surface area contributed by atoms with Gasteiger partial charge in [-0.25, -0.2) is 8.42 Å². The average molecular weight is 422 g/mol. The van der Waals surface area contributed by atoms with Gasteiger partial charge in [0, 0.05) is 27.9 Å². The number of thiocarbonyl (C=S) groups is 1. The molecule has 0 spiro atoms. The van der Waals surface area contributed by atoms with Crippen LogP contribution in [-0.2, 0) is 27.9 Å². The predicted octanol–water partition coefficient (Wildman–Crippen LogP) is 1.86. The largest absolute Gasteiger partial charge is 0.519 e. The van der Waals surface area contributed by atoms with Crippen LogP contribution in [0.2, 0.25) is 0 Å². The topological polar surface area (TPSA) is 83.1 Å². The second-order valence-electron chi connectivity index (χ2n) is 5.50. The Bertz CT molecular complexity index is 668.